The van der Waals surface area contributed by atoms with Crippen LogP contribution < -0.4 is 10.1 Å². The Morgan fingerprint density at radius 1 is 1.53 bits per heavy atom. The molecule has 0 radical (unpaired) electrons. The van der Waals surface area contributed by atoms with E-state index in [0.717, 1.165) is 32.4 Å². The minimum absolute atomic E-state index is 0.170. The van der Waals surface area contributed by atoms with E-state index in [9.17, 15) is 4.79 Å². The number of piperidine rings is 1. The summed E-state index contributed by atoms with van der Waals surface area (Å²) in [4.78, 5) is 16.3. The average molecular weight is 262 g/mol. The van der Waals surface area contributed by atoms with E-state index in [-0.39, 0.29) is 5.78 Å². The zero-order valence-corrected chi connectivity index (χ0v) is 11.5. The van der Waals surface area contributed by atoms with Gasteiger partial charge in [-0.25, -0.2) is 0 Å². The maximum atomic E-state index is 12.2. The van der Waals surface area contributed by atoms with E-state index in [1.807, 2.05) is 0 Å². The van der Waals surface area contributed by atoms with Crippen LogP contribution in [0.4, 0.5) is 0 Å². The van der Waals surface area contributed by atoms with Crippen molar-refractivity contribution in [3.8, 4) is 5.75 Å². The molecular weight excluding hydrogens is 240 g/mol. The van der Waals surface area contributed by atoms with Gasteiger partial charge in [-0.05, 0) is 44.3 Å². The van der Waals surface area contributed by atoms with Gasteiger partial charge in [0.05, 0.1) is 12.8 Å². The number of nitrogens with one attached hydrogen (secondary N) is 1. The van der Waals surface area contributed by atoms with Crippen molar-refractivity contribution in [3.05, 3.63) is 24.0 Å². The summed E-state index contributed by atoms with van der Waals surface area (Å²) in [5.41, 5.74) is 0.666. The fraction of sp³-hybridized carbons (Fsp3) is 0.600. The number of Topliss-reactive ketones (excluding diaryl/α,β-unsaturated/α-hetero) is 1. The molecule has 1 saturated heterocycles. The van der Waals surface area contributed by atoms with Gasteiger partial charge in [-0.3, -0.25) is 9.78 Å². The summed E-state index contributed by atoms with van der Waals surface area (Å²) in [5.74, 6) is 1.32. The van der Waals surface area contributed by atoms with E-state index in [1.54, 1.807) is 18.5 Å². The van der Waals surface area contributed by atoms with Crippen LogP contribution in [0.5, 0.6) is 5.75 Å². The third-order valence-corrected chi connectivity index (χ3v) is 3.38. The standard InChI is InChI=1S/C15H22N2O2/c1-2-6-19-14-8-13(10-17-11-14)15(18)7-12-4-3-5-16-9-12/h8,10-12,16H,2-7,9H2,1H3. The number of ether oxygens (including phenoxy) is 1. The molecule has 19 heavy (non-hydrogen) atoms. The normalized spacial score (nSPS) is 19.1. The third kappa shape index (κ3) is 4.31. The number of hydrogen-bond donors (Lipinski definition) is 1. The second kappa shape index (κ2) is 7.24. The molecule has 0 aromatic carbocycles. The number of ketones is 1. The first-order valence-electron chi connectivity index (χ1n) is 7.11. The van der Waals surface area contributed by atoms with Crippen molar-refractivity contribution in [2.24, 2.45) is 5.92 Å². The van der Waals surface area contributed by atoms with Crippen LogP contribution in [-0.2, 0) is 0 Å². The van der Waals surface area contributed by atoms with Gasteiger partial charge in [-0.2, -0.15) is 0 Å². The SMILES string of the molecule is CCCOc1cncc(C(=O)CC2CCCNC2)c1. The molecule has 104 valence electrons. The summed E-state index contributed by atoms with van der Waals surface area (Å²) in [6.07, 6.45) is 7.15. The predicted molar refractivity (Wildman–Crippen MR) is 74.6 cm³/mol. The zero-order valence-electron chi connectivity index (χ0n) is 11.5. The summed E-state index contributed by atoms with van der Waals surface area (Å²) in [6, 6.07) is 1.81. The summed E-state index contributed by atoms with van der Waals surface area (Å²) >= 11 is 0. The van der Waals surface area contributed by atoms with Crippen molar-refractivity contribution in [1.29, 1.82) is 0 Å². The highest BCUT2D eigenvalue weighted by molar-refractivity contribution is 5.96. The molecule has 4 heteroatoms. The molecule has 1 N–H and O–H groups in total. The van der Waals surface area contributed by atoms with E-state index in [0.29, 0.717) is 30.3 Å². The van der Waals surface area contributed by atoms with Crippen molar-refractivity contribution >= 4 is 5.78 Å². The van der Waals surface area contributed by atoms with Crippen LogP contribution in [-0.4, -0.2) is 30.5 Å². The lowest BCUT2D eigenvalue weighted by Crippen LogP contribution is -2.31. The van der Waals surface area contributed by atoms with Crippen LogP contribution in [0.2, 0.25) is 0 Å². The molecule has 2 heterocycles. The quantitative estimate of drug-likeness (QED) is 0.800. The third-order valence-electron chi connectivity index (χ3n) is 3.38. The Bertz CT molecular complexity index is 414. The molecular formula is C15H22N2O2. The Balaban J connectivity index is 1.93. The highest BCUT2D eigenvalue weighted by Gasteiger charge is 2.18. The number of pyridine rings is 1. The van der Waals surface area contributed by atoms with E-state index < -0.39 is 0 Å². The molecule has 1 aromatic rings. The Labute approximate surface area is 114 Å². The molecule has 0 aliphatic carbocycles. The maximum Gasteiger partial charge on any atom is 0.164 e. The first-order chi connectivity index (χ1) is 9.29. The molecule has 2 rings (SSSR count). The van der Waals surface area contributed by atoms with Gasteiger partial charge in [0.1, 0.15) is 5.75 Å². The number of rotatable bonds is 6. The minimum atomic E-state index is 0.170. The summed E-state index contributed by atoms with van der Waals surface area (Å²) in [5, 5.41) is 3.34. The number of carbonyl (C=O) groups is 1. The van der Waals surface area contributed by atoms with Crippen molar-refractivity contribution in [3.63, 3.8) is 0 Å². The van der Waals surface area contributed by atoms with Gasteiger partial charge in [0.25, 0.3) is 0 Å². The van der Waals surface area contributed by atoms with Gasteiger partial charge in [-0.15, -0.1) is 0 Å². The van der Waals surface area contributed by atoms with Crippen molar-refractivity contribution in [2.45, 2.75) is 32.6 Å². The monoisotopic (exact) mass is 262 g/mol. The second-order valence-corrected chi connectivity index (χ2v) is 5.10. The average Bonchev–Trinajstić information content (AvgIpc) is 2.46. The van der Waals surface area contributed by atoms with Gasteiger partial charge >= 0.3 is 0 Å². The van der Waals surface area contributed by atoms with E-state index in [2.05, 4.69) is 17.2 Å². The Morgan fingerprint density at radius 3 is 3.16 bits per heavy atom. The van der Waals surface area contributed by atoms with Gasteiger partial charge in [0.2, 0.25) is 0 Å². The topological polar surface area (TPSA) is 51.2 Å². The lowest BCUT2D eigenvalue weighted by Gasteiger charge is -2.21. The molecule has 0 bridgehead atoms. The van der Waals surface area contributed by atoms with Crippen LogP contribution in [0.3, 0.4) is 0 Å². The van der Waals surface area contributed by atoms with Crippen molar-refractivity contribution in [2.75, 3.05) is 19.7 Å². The van der Waals surface area contributed by atoms with Crippen LogP contribution >= 0.6 is 0 Å². The van der Waals surface area contributed by atoms with Gasteiger partial charge in [0.15, 0.2) is 5.78 Å². The Kier molecular flexibility index (Phi) is 5.33. The fourth-order valence-corrected chi connectivity index (χ4v) is 2.35. The molecule has 1 aliphatic heterocycles. The molecule has 0 saturated carbocycles. The lowest BCUT2D eigenvalue weighted by molar-refractivity contribution is 0.0953. The molecule has 0 spiro atoms. The molecule has 1 fully saturated rings. The van der Waals surface area contributed by atoms with E-state index in [4.69, 9.17) is 4.74 Å². The van der Waals surface area contributed by atoms with Gasteiger partial charge < -0.3 is 10.1 Å². The van der Waals surface area contributed by atoms with Gasteiger partial charge in [-0.1, -0.05) is 6.92 Å². The maximum absolute atomic E-state index is 12.2. The molecule has 1 unspecified atom stereocenters. The number of aromatic nitrogens is 1. The largest absolute Gasteiger partial charge is 0.492 e. The highest BCUT2D eigenvalue weighted by atomic mass is 16.5. The van der Waals surface area contributed by atoms with Crippen LogP contribution in [0, 0.1) is 5.92 Å². The Morgan fingerprint density at radius 2 is 2.42 bits per heavy atom. The summed E-state index contributed by atoms with van der Waals surface area (Å²) < 4.78 is 5.51. The zero-order chi connectivity index (χ0) is 13.5. The number of carbonyl (C=O) groups excluding carboxylic acids is 1. The number of hydrogen-bond acceptors (Lipinski definition) is 4. The first-order valence-corrected chi connectivity index (χ1v) is 7.11. The van der Waals surface area contributed by atoms with Crippen LogP contribution in [0.15, 0.2) is 18.5 Å². The smallest absolute Gasteiger partial charge is 0.164 e. The van der Waals surface area contributed by atoms with Crippen molar-refractivity contribution in [1.82, 2.24) is 10.3 Å². The Hall–Kier alpha value is -1.42. The van der Waals surface area contributed by atoms with Gasteiger partial charge in [0, 0.05) is 18.2 Å². The molecule has 0 amide bonds. The molecule has 4 nitrogen and oxygen atoms in total. The molecule has 1 aromatic heterocycles. The van der Waals surface area contributed by atoms with E-state index in [1.165, 1.54) is 0 Å². The first kappa shape index (κ1) is 14.0. The predicted octanol–water partition coefficient (Wildman–Crippen LogP) is 2.44. The highest BCUT2D eigenvalue weighted by Crippen LogP contribution is 2.19. The fourth-order valence-electron chi connectivity index (χ4n) is 2.35. The number of nitrogens with zero attached hydrogens (tertiary/aromatic N) is 1. The molecule has 1 atom stereocenters. The van der Waals surface area contributed by atoms with Crippen molar-refractivity contribution < 1.29 is 9.53 Å². The summed E-state index contributed by atoms with van der Waals surface area (Å²) in [6.45, 7) is 4.74. The van der Waals surface area contributed by atoms with Crippen LogP contribution in [0.1, 0.15) is 43.0 Å². The lowest BCUT2D eigenvalue weighted by atomic mass is 9.92. The summed E-state index contributed by atoms with van der Waals surface area (Å²) in [7, 11) is 0. The van der Waals surface area contributed by atoms with Crippen LogP contribution in [0.25, 0.3) is 0 Å². The van der Waals surface area contributed by atoms with E-state index >= 15 is 0 Å². The minimum Gasteiger partial charge on any atom is -0.492 e. The second-order valence-electron chi connectivity index (χ2n) is 5.10. The molecule has 1 aliphatic rings.